The number of thiol groups is 1. The minimum Gasteiger partial charge on any atom is -0.308 e. The highest BCUT2D eigenvalue weighted by atomic mass is 32.1. The van der Waals surface area contributed by atoms with Crippen LogP contribution in [0.2, 0.25) is 0 Å². The van der Waals surface area contributed by atoms with E-state index in [4.69, 9.17) is 0 Å². The van der Waals surface area contributed by atoms with Crippen molar-refractivity contribution < 1.29 is 0 Å². The van der Waals surface area contributed by atoms with Gasteiger partial charge in [-0.15, -0.1) is 0 Å². The second-order valence-electron chi connectivity index (χ2n) is 3.22. The largest absolute Gasteiger partial charge is 0.308 e. The Kier molecular flexibility index (Phi) is 7.65. The summed E-state index contributed by atoms with van der Waals surface area (Å²) in [5.74, 6) is 0.835. The van der Waals surface area contributed by atoms with Gasteiger partial charge >= 0.3 is 0 Å². The van der Waals surface area contributed by atoms with E-state index in [2.05, 4.69) is 55.7 Å². The maximum absolute atomic E-state index is 4.09. The molecule has 0 N–H and O–H groups in total. The minimum atomic E-state index is 0.835. The molecule has 0 heterocycles. The van der Waals surface area contributed by atoms with Crippen molar-refractivity contribution in [2.75, 3.05) is 46.5 Å². The average molecular weight is 188 g/mol. The van der Waals surface area contributed by atoms with E-state index in [1.165, 1.54) is 0 Å². The van der Waals surface area contributed by atoms with Gasteiger partial charge in [0.25, 0.3) is 0 Å². The van der Waals surface area contributed by atoms with Crippen LogP contribution in [-0.2, 0) is 0 Å². The van der Waals surface area contributed by atoms with Gasteiger partial charge in [-0.3, -0.25) is 0 Å². The predicted octanol–water partition coefficient (Wildman–Crippen LogP) is 0.966. The van der Waals surface area contributed by atoms with E-state index in [1.54, 1.807) is 0 Å². The Hall–Kier alpha value is 0.01000. The Morgan fingerprint density at radius 2 is 1.75 bits per heavy atom. The van der Waals surface area contributed by atoms with Gasteiger partial charge in [0, 0.05) is 25.4 Å². The van der Waals surface area contributed by atoms with E-state index in [1.807, 2.05) is 0 Å². The summed E-state index contributed by atoms with van der Waals surface area (Å²) in [4.78, 5) is 4.48. The average Bonchev–Trinajstić information content (AvgIpc) is 2.01. The highest BCUT2D eigenvalue weighted by molar-refractivity contribution is 7.80. The summed E-state index contributed by atoms with van der Waals surface area (Å²) in [6.45, 7) is 3.25. The van der Waals surface area contributed by atoms with Crippen LogP contribution in [0.5, 0.6) is 0 Å². The normalized spacial score (nSPS) is 12.2. The molecule has 3 heteroatoms. The summed E-state index contributed by atoms with van der Waals surface area (Å²) >= 11 is 4.09. The lowest BCUT2D eigenvalue weighted by atomic mass is 10.4. The lowest BCUT2D eigenvalue weighted by Gasteiger charge is -2.17. The van der Waals surface area contributed by atoms with Crippen LogP contribution in [-0.4, -0.2) is 56.3 Å². The van der Waals surface area contributed by atoms with Gasteiger partial charge in [0.1, 0.15) is 0 Å². The van der Waals surface area contributed by atoms with E-state index >= 15 is 0 Å². The molecule has 0 radical (unpaired) electrons. The maximum Gasteiger partial charge on any atom is 0.0160 e. The smallest absolute Gasteiger partial charge is 0.0160 e. The zero-order valence-corrected chi connectivity index (χ0v) is 9.22. The van der Waals surface area contributed by atoms with Crippen molar-refractivity contribution in [2.24, 2.45) is 0 Å². The Morgan fingerprint density at radius 1 is 1.08 bits per heavy atom. The van der Waals surface area contributed by atoms with Crippen LogP contribution in [0, 0.1) is 0 Å². The third kappa shape index (κ3) is 8.11. The summed E-state index contributed by atoms with van der Waals surface area (Å²) in [5, 5.41) is 0. The zero-order valence-electron chi connectivity index (χ0n) is 8.32. The van der Waals surface area contributed by atoms with Crippen molar-refractivity contribution in [3.8, 4) is 0 Å². The third-order valence-corrected chi connectivity index (χ3v) is 1.83. The fraction of sp³-hybridized carbons (Fsp3) is 0.778. The Labute approximate surface area is 81.6 Å². The monoisotopic (exact) mass is 188 g/mol. The quantitative estimate of drug-likeness (QED) is 0.490. The number of nitrogens with zero attached hydrogens (tertiary/aromatic N) is 2. The van der Waals surface area contributed by atoms with E-state index in [0.717, 1.165) is 25.4 Å². The molecule has 12 heavy (non-hydrogen) atoms. The van der Waals surface area contributed by atoms with Crippen LogP contribution in [0.4, 0.5) is 0 Å². The standard InChI is InChI=1S/C9H20N2S/c1-10(2)7-8-11(3)6-4-5-9-12/h4-5,12H,6-9H2,1-3H3. The molecule has 0 atom stereocenters. The lowest BCUT2D eigenvalue weighted by Crippen LogP contribution is -2.28. The van der Waals surface area contributed by atoms with Crippen LogP contribution in [0.1, 0.15) is 0 Å². The first kappa shape index (κ1) is 12.0. The summed E-state index contributed by atoms with van der Waals surface area (Å²) in [6.07, 6.45) is 4.23. The number of hydrogen-bond donors (Lipinski definition) is 1. The molecule has 0 aliphatic rings. The highest BCUT2D eigenvalue weighted by Crippen LogP contribution is 1.86. The van der Waals surface area contributed by atoms with Gasteiger partial charge in [0.2, 0.25) is 0 Å². The second kappa shape index (κ2) is 7.65. The minimum absolute atomic E-state index is 0.835. The molecular formula is C9H20N2S. The van der Waals surface area contributed by atoms with Crippen LogP contribution in [0.25, 0.3) is 0 Å². The molecule has 0 unspecified atom stereocenters. The number of likely N-dealkylation sites (N-methyl/N-ethyl adjacent to an activating group) is 2. The number of rotatable bonds is 6. The second-order valence-corrected chi connectivity index (χ2v) is 3.58. The first-order valence-electron chi connectivity index (χ1n) is 4.26. The molecule has 0 aliphatic carbocycles. The van der Waals surface area contributed by atoms with Gasteiger partial charge in [-0.25, -0.2) is 0 Å². The first-order chi connectivity index (χ1) is 5.66. The van der Waals surface area contributed by atoms with Gasteiger partial charge in [-0.2, -0.15) is 12.6 Å². The molecule has 0 rings (SSSR count). The maximum atomic E-state index is 4.09. The molecule has 0 aromatic carbocycles. The fourth-order valence-corrected chi connectivity index (χ4v) is 0.940. The molecule has 0 spiro atoms. The lowest BCUT2D eigenvalue weighted by molar-refractivity contribution is 0.302. The van der Waals surface area contributed by atoms with Crippen molar-refractivity contribution in [3.05, 3.63) is 12.2 Å². The fourth-order valence-electron chi connectivity index (χ4n) is 0.791. The Bertz CT molecular complexity index is 124. The first-order valence-corrected chi connectivity index (χ1v) is 4.89. The van der Waals surface area contributed by atoms with Crippen molar-refractivity contribution in [2.45, 2.75) is 0 Å². The van der Waals surface area contributed by atoms with E-state index < -0.39 is 0 Å². The predicted molar refractivity (Wildman–Crippen MR) is 59.0 cm³/mol. The van der Waals surface area contributed by atoms with Gasteiger partial charge in [0.15, 0.2) is 0 Å². The van der Waals surface area contributed by atoms with Crippen molar-refractivity contribution in [3.63, 3.8) is 0 Å². The van der Waals surface area contributed by atoms with E-state index in [0.29, 0.717) is 0 Å². The molecular weight excluding hydrogens is 168 g/mol. The Morgan fingerprint density at radius 3 is 2.25 bits per heavy atom. The Balaban J connectivity index is 3.33. The van der Waals surface area contributed by atoms with E-state index in [9.17, 15) is 0 Å². The van der Waals surface area contributed by atoms with Crippen LogP contribution in [0.3, 0.4) is 0 Å². The summed E-state index contributed by atoms with van der Waals surface area (Å²) < 4.78 is 0. The molecule has 2 nitrogen and oxygen atoms in total. The molecule has 0 saturated heterocycles. The molecule has 0 amide bonds. The SMILES string of the molecule is CN(C)CCN(C)CC=CCS. The van der Waals surface area contributed by atoms with Crippen molar-refractivity contribution in [1.29, 1.82) is 0 Å². The summed E-state index contributed by atoms with van der Waals surface area (Å²) in [6, 6.07) is 0. The van der Waals surface area contributed by atoms with Crippen molar-refractivity contribution >= 4 is 12.6 Å². The molecule has 0 aromatic heterocycles. The number of hydrogen-bond acceptors (Lipinski definition) is 3. The van der Waals surface area contributed by atoms with Crippen LogP contribution >= 0.6 is 12.6 Å². The van der Waals surface area contributed by atoms with Gasteiger partial charge in [-0.1, -0.05) is 12.2 Å². The molecule has 0 saturated carbocycles. The highest BCUT2D eigenvalue weighted by Gasteiger charge is 1.95. The summed E-state index contributed by atoms with van der Waals surface area (Å²) in [7, 11) is 6.32. The zero-order chi connectivity index (χ0) is 9.40. The van der Waals surface area contributed by atoms with E-state index in [-0.39, 0.29) is 0 Å². The molecule has 72 valence electrons. The van der Waals surface area contributed by atoms with Crippen molar-refractivity contribution in [1.82, 2.24) is 9.80 Å². The van der Waals surface area contributed by atoms with Gasteiger partial charge in [-0.05, 0) is 21.1 Å². The molecule has 0 aromatic rings. The van der Waals surface area contributed by atoms with Gasteiger partial charge < -0.3 is 9.80 Å². The summed E-state index contributed by atoms with van der Waals surface area (Å²) in [5.41, 5.74) is 0. The third-order valence-electron chi connectivity index (χ3n) is 1.62. The molecule has 0 fully saturated rings. The van der Waals surface area contributed by atoms with Crippen LogP contribution < -0.4 is 0 Å². The molecule has 0 bridgehead atoms. The molecule has 0 aliphatic heterocycles. The van der Waals surface area contributed by atoms with Crippen LogP contribution in [0.15, 0.2) is 12.2 Å². The van der Waals surface area contributed by atoms with Gasteiger partial charge in [0.05, 0.1) is 0 Å². The topological polar surface area (TPSA) is 6.48 Å².